The second kappa shape index (κ2) is 6.57. The van der Waals surface area contributed by atoms with Gasteiger partial charge in [-0.2, -0.15) is 0 Å². The number of carbonyl (C=O) groups excluding carboxylic acids is 1. The standard InChI is InChI=1S/C13H20N2O5S/c1-3-19-13(16)11-5-4-6-15(8-11)21(17,18)9-12-7-10(2)20-14-12/h7,11H,3-6,8-9H2,1-2H3/t11-/m1/s1. The molecule has 0 radical (unpaired) electrons. The molecule has 0 N–H and O–H groups in total. The van der Waals surface area contributed by atoms with Gasteiger partial charge in [-0.1, -0.05) is 5.16 Å². The van der Waals surface area contributed by atoms with Crippen molar-refractivity contribution in [1.82, 2.24) is 9.46 Å². The first-order valence-electron chi connectivity index (χ1n) is 6.99. The summed E-state index contributed by atoms with van der Waals surface area (Å²) < 4.78 is 36.0. The van der Waals surface area contributed by atoms with Gasteiger partial charge >= 0.3 is 5.97 Å². The van der Waals surface area contributed by atoms with E-state index in [9.17, 15) is 13.2 Å². The molecule has 1 aliphatic heterocycles. The molecule has 0 amide bonds. The van der Waals surface area contributed by atoms with Crippen molar-refractivity contribution in [3.63, 3.8) is 0 Å². The average Bonchev–Trinajstić information content (AvgIpc) is 2.84. The van der Waals surface area contributed by atoms with Crippen molar-refractivity contribution in [3.8, 4) is 0 Å². The monoisotopic (exact) mass is 316 g/mol. The number of hydrogen-bond acceptors (Lipinski definition) is 6. The summed E-state index contributed by atoms with van der Waals surface area (Å²) >= 11 is 0. The highest BCUT2D eigenvalue weighted by atomic mass is 32.2. The van der Waals surface area contributed by atoms with Crippen LogP contribution >= 0.6 is 0 Å². The summed E-state index contributed by atoms with van der Waals surface area (Å²) in [6.45, 7) is 4.36. The Morgan fingerprint density at radius 3 is 2.95 bits per heavy atom. The Bertz CT molecular complexity index is 595. The smallest absolute Gasteiger partial charge is 0.310 e. The summed E-state index contributed by atoms with van der Waals surface area (Å²) in [5.41, 5.74) is 0.380. The third-order valence-electron chi connectivity index (χ3n) is 3.40. The first-order valence-corrected chi connectivity index (χ1v) is 8.60. The van der Waals surface area contributed by atoms with Crippen LogP contribution in [-0.4, -0.2) is 43.5 Å². The van der Waals surface area contributed by atoms with Crippen molar-refractivity contribution in [1.29, 1.82) is 0 Å². The van der Waals surface area contributed by atoms with Crippen LogP contribution in [-0.2, 0) is 25.3 Å². The molecule has 8 heteroatoms. The minimum absolute atomic E-state index is 0.179. The molecule has 2 heterocycles. The number of carbonyl (C=O) groups is 1. The van der Waals surface area contributed by atoms with E-state index in [1.165, 1.54) is 4.31 Å². The molecule has 7 nitrogen and oxygen atoms in total. The highest BCUT2D eigenvalue weighted by Gasteiger charge is 2.33. The Kier molecular flexibility index (Phi) is 5.00. The minimum Gasteiger partial charge on any atom is -0.466 e. The molecule has 1 aromatic heterocycles. The van der Waals surface area contributed by atoms with E-state index in [4.69, 9.17) is 9.26 Å². The van der Waals surface area contributed by atoms with Crippen LogP contribution in [0.4, 0.5) is 0 Å². The Morgan fingerprint density at radius 1 is 1.57 bits per heavy atom. The number of aryl methyl sites for hydroxylation is 1. The van der Waals surface area contributed by atoms with Crippen molar-refractivity contribution in [2.45, 2.75) is 32.4 Å². The third-order valence-corrected chi connectivity index (χ3v) is 5.18. The summed E-state index contributed by atoms with van der Waals surface area (Å²) in [6, 6.07) is 1.60. The van der Waals surface area contributed by atoms with Crippen LogP contribution < -0.4 is 0 Å². The lowest BCUT2D eigenvalue weighted by molar-refractivity contribution is -0.149. The summed E-state index contributed by atoms with van der Waals surface area (Å²) in [5, 5.41) is 3.71. The SMILES string of the molecule is CCOC(=O)[C@@H]1CCCN(S(=O)(=O)Cc2cc(C)on2)C1. The van der Waals surface area contributed by atoms with E-state index in [1.54, 1.807) is 19.9 Å². The Hall–Kier alpha value is -1.41. The molecule has 0 aromatic carbocycles. The van der Waals surface area contributed by atoms with Crippen molar-refractivity contribution in [3.05, 3.63) is 17.5 Å². The zero-order chi connectivity index (χ0) is 15.5. The number of esters is 1. The number of rotatable bonds is 5. The summed E-state index contributed by atoms with van der Waals surface area (Å²) in [4.78, 5) is 11.8. The van der Waals surface area contributed by atoms with Gasteiger partial charge in [-0.25, -0.2) is 12.7 Å². The highest BCUT2D eigenvalue weighted by molar-refractivity contribution is 7.88. The predicted octanol–water partition coefficient (Wildman–Crippen LogP) is 1.09. The molecule has 1 saturated heterocycles. The number of nitrogens with zero attached hydrogens (tertiary/aromatic N) is 2. The summed E-state index contributed by atoms with van der Waals surface area (Å²) in [5.74, 6) is -0.342. The molecule has 1 fully saturated rings. The summed E-state index contributed by atoms with van der Waals surface area (Å²) in [6.07, 6.45) is 1.31. The molecule has 0 unspecified atom stereocenters. The third kappa shape index (κ3) is 4.04. The van der Waals surface area contributed by atoms with Crippen LogP contribution in [0.15, 0.2) is 10.6 Å². The highest BCUT2D eigenvalue weighted by Crippen LogP contribution is 2.22. The fourth-order valence-electron chi connectivity index (χ4n) is 2.41. The largest absolute Gasteiger partial charge is 0.466 e. The second-order valence-corrected chi connectivity index (χ2v) is 7.10. The molecule has 118 valence electrons. The fourth-order valence-corrected chi connectivity index (χ4v) is 3.92. The van der Waals surface area contributed by atoms with Gasteiger partial charge in [0.2, 0.25) is 10.0 Å². The van der Waals surface area contributed by atoms with E-state index in [2.05, 4.69) is 5.16 Å². The van der Waals surface area contributed by atoms with Gasteiger partial charge in [0.1, 0.15) is 17.2 Å². The van der Waals surface area contributed by atoms with Crippen LogP contribution in [0.3, 0.4) is 0 Å². The fraction of sp³-hybridized carbons (Fsp3) is 0.692. The molecule has 0 saturated carbocycles. The van der Waals surface area contributed by atoms with Gasteiger partial charge < -0.3 is 9.26 Å². The molecule has 0 spiro atoms. The lowest BCUT2D eigenvalue weighted by atomic mass is 10.0. The van der Waals surface area contributed by atoms with E-state index in [-0.39, 0.29) is 24.2 Å². The number of hydrogen-bond donors (Lipinski definition) is 0. The first kappa shape index (κ1) is 16.0. The molecule has 1 atom stereocenters. The number of sulfonamides is 1. The van der Waals surface area contributed by atoms with Crippen LogP contribution in [0.1, 0.15) is 31.2 Å². The second-order valence-electron chi connectivity index (χ2n) is 5.13. The lowest BCUT2D eigenvalue weighted by Crippen LogP contribution is -2.43. The van der Waals surface area contributed by atoms with Crippen molar-refractivity contribution in [2.75, 3.05) is 19.7 Å². The normalized spacial score (nSPS) is 20.4. The minimum atomic E-state index is -3.50. The molecule has 0 bridgehead atoms. The average molecular weight is 316 g/mol. The van der Waals surface area contributed by atoms with Crippen molar-refractivity contribution in [2.24, 2.45) is 5.92 Å². The van der Waals surface area contributed by atoms with Gasteiger partial charge in [0, 0.05) is 19.2 Å². The number of piperidine rings is 1. The van der Waals surface area contributed by atoms with E-state index < -0.39 is 10.0 Å². The zero-order valence-corrected chi connectivity index (χ0v) is 13.1. The topological polar surface area (TPSA) is 89.7 Å². The maximum atomic E-state index is 12.4. The molecule has 2 rings (SSSR count). The van der Waals surface area contributed by atoms with Gasteiger partial charge in [-0.3, -0.25) is 4.79 Å². The van der Waals surface area contributed by atoms with Crippen molar-refractivity contribution >= 4 is 16.0 Å². The first-order chi connectivity index (χ1) is 9.92. The van der Waals surface area contributed by atoms with Gasteiger partial charge in [-0.15, -0.1) is 0 Å². The maximum absolute atomic E-state index is 12.4. The van der Waals surface area contributed by atoms with Gasteiger partial charge in [-0.05, 0) is 26.7 Å². The Labute approximate surface area is 124 Å². The zero-order valence-electron chi connectivity index (χ0n) is 12.2. The van der Waals surface area contributed by atoms with Crippen LogP contribution in [0, 0.1) is 12.8 Å². The van der Waals surface area contributed by atoms with Gasteiger partial charge in [0.05, 0.1) is 12.5 Å². The summed E-state index contributed by atoms with van der Waals surface area (Å²) in [7, 11) is -3.50. The maximum Gasteiger partial charge on any atom is 0.310 e. The number of ether oxygens (including phenoxy) is 1. The molecule has 1 aromatic rings. The van der Waals surface area contributed by atoms with Crippen LogP contribution in [0.5, 0.6) is 0 Å². The van der Waals surface area contributed by atoms with E-state index in [0.717, 1.165) is 0 Å². The molecule has 1 aliphatic rings. The Morgan fingerprint density at radius 2 is 2.33 bits per heavy atom. The van der Waals surface area contributed by atoms with E-state index >= 15 is 0 Å². The van der Waals surface area contributed by atoms with Gasteiger partial charge in [0.25, 0.3) is 0 Å². The van der Waals surface area contributed by atoms with Crippen LogP contribution in [0.2, 0.25) is 0 Å². The van der Waals surface area contributed by atoms with E-state index in [0.29, 0.717) is 37.4 Å². The van der Waals surface area contributed by atoms with Crippen molar-refractivity contribution < 1.29 is 22.5 Å². The Balaban J connectivity index is 2.04. The quantitative estimate of drug-likeness (QED) is 0.755. The van der Waals surface area contributed by atoms with E-state index in [1.807, 2.05) is 0 Å². The number of aromatic nitrogens is 1. The molecular weight excluding hydrogens is 296 g/mol. The van der Waals surface area contributed by atoms with Gasteiger partial charge in [0.15, 0.2) is 0 Å². The molecule has 21 heavy (non-hydrogen) atoms. The van der Waals surface area contributed by atoms with Crippen LogP contribution in [0.25, 0.3) is 0 Å². The predicted molar refractivity (Wildman–Crippen MR) is 74.8 cm³/mol. The lowest BCUT2D eigenvalue weighted by Gasteiger charge is -2.30. The molecule has 0 aliphatic carbocycles. The molecular formula is C13H20N2O5S.